The zero-order chi connectivity index (χ0) is 13.5. The third-order valence-corrected chi connectivity index (χ3v) is 2.83. The Kier molecular flexibility index (Phi) is 5.88. The van der Waals surface area contributed by atoms with Crippen molar-refractivity contribution in [3.8, 4) is 0 Å². The summed E-state index contributed by atoms with van der Waals surface area (Å²) in [6, 6.07) is 3.39. The van der Waals surface area contributed by atoms with Crippen molar-refractivity contribution >= 4 is 5.97 Å². The fourth-order valence-corrected chi connectivity index (χ4v) is 1.60. The molecule has 0 radical (unpaired) electrons. The van der Waals surface area contributed by atoms with Gasteiger partial charge in [-0.1, -0.05) is 6.92 Å². The molecule has 0 saturated carbocycles. The van der Waals surface area contributed by atoms with Crippen molar-refractivity contribution in [1.82, 2.24) is 5.32 Å². The molecule has 2 atom stereocenters. The summed E-state index contributed by atoms with van der Waals surface area (Å²) in [4.78, 5) is 11.2. The summed E-state index contributed by atoms with van der Waals surface area (Å²) in [5.74, 6) is 0.839. The van der Waals surface area contributed by atoms with E-state index in [-0.39, 0.29) is 18.4 Å². The maximum Gasteiger partial charge on any atom is 0.373 e. The molecule has 0 spiro atoms. The lowest BCUT2D eigenvalue weighted by Gasteiger charge is -2.15. The first-order valence-corrected chi connectivity index (χ1v) is 6.10. The summed E-state index contributed by atoms with van der Waals surface area (Å²) in [5, 5.41) is 12.1. The molecule has 1 aromatic heterocycles. The van der Waals surface area contributed by atoms with Gasteiger partial charge in [-0.15, -0.1) is 0 Å². The van der Waals surface area contributed by atoms with Gasteiger partial charge >= 0.3 is 5.97 Å². The minimum absolute atomic E-state index is 0.0181. The Morgan fingerprint density at radius 2 is 2.22 bits per heavy atom. The van der Waals surface area contributed by atoms with Crippen molar-refractivity contribution in [2.45, 2.75) is 26.3 Å². The molecule has 0 amide bonds. The van der Waals surface area contributed by atoms with Crippen LogP contribution in [0, 0.1) is 5.92 Å². The first-order chi connectivity index (χ1) is 8.58. The van der Waals surface area contributed by atoms with E-state index in [2.05, 4.69) is 17.0 Å². The number of furan rings is 1. The topological polar surface area (TPSA) is 71.7 Å². The minimum Gasteiger partial charge on any atom is -0.463 e. The maximum absolute atomic E-state index is 11.2. The Morgan fingerprint density at radius 1 is 1.50 bits per heavy atom. The smallest absolute Gasteiger partial charge is 0.373 e. The molecule has 102 valence electrons. The molecule has 5 nitrogen and oxygen atoms in total. The van der Waals surface area contributed by atoms with Gasteiger partial charge in [0.1, 0.15) is 5.76 Å². The molecular formula is C13H21NO4. The highest BCUT2D eigenvalue weighted by Crippen LogP contribution is 2.17. The van der Waals surface area contributed by atoms with Crippen LogP contribution in [0.15, 0.2) is 16.5 Å². The van der Waals surface area contributed by atoms with Crippen molar-refractivity contribution < 1.29 is 19.1 Å². The number of carbonyl (C=O) groups excluding carboxylic acids is 1. The molecule has 2 N–H and O–H groups in total. The predicted molar refractivity (Wildman–Crippen MR) is 67.3 cm³/mol. The van der Waals surface area contributed by atoms with Gasteiger partial charge in [-0.2, -0.15) is 0 Å². The third-order valence-electron chi connectivity index (χ3n) is 2.83. The third kappa shape index (κ3) is 4.16. The highest BCUT2D eigenvalue weighted by Gasteiger charge is 2.15. The van der Waals surface area contributed by atoms with Gasteiger partial charge in [0.25, 0.3) is 0 Å². The molecule has 2 unspecified atom stereocenters. The Balaban J connectivity index is 2.49. The number of esters is 1. The molecule has 1 heterocycles. The van der Waals surface area contributed by atoms with Crippen LogP contribution < -0.4 is 5.32 Å². The summed E-state index contributed by atoms with van der Waals surface area (Å²) in [7, 11) is 1.32. The molecule has 0 aliphatic carbocycles. The lowest BCUT2D eigenvalue weighted by molar-refractivity contribution is 0.0562. The van der Waals surface area contributed by atoms with Crippen LogP contribution in [-0.2, 0) is 4.74 Å². The van der Waals surface area contributed by atoms with E-state index in [1.165, 1.54) is 7.11 Å². The molecule has 1 aromatic rings. The van der Waals surface area contributed by atoms with Gasteiger partial charge < -0.3 is 19.6 Å². The number of carbonyl (C=O) groups is 1. The largest absolute Gasteiger partial charge is 0.463 e. The van der Waals surface area contributed by atoms with Crippen molar-refractivity contribution in [2.24, 2.45) is 5.92 Å². The average molecular weight is 255 g/mol. The first-order valence-electron chi connectivity index (χ1n) is 6.10. The standard InChI is InChI=1S/C13H21NO4/c1-9(6-7-15)8-14-10(2)11-4-5-12(18-11)13(16)17-3/h4-5,9-10,14-15H,6-8H2,1-3H3. The molecule has 0 aliphatic heterocycles. The Bertz CT molecular complexity index is 375. The fourth-order valence-electron chi connectivity index (χ4n) is 1.60. The molecule has 18 heavy (non-hydrogen) atoms. The molecule has 1 rings (SSSR count). The number of rotatable bonds is 7. The number of aliphatic hydroxyl groups is 1. The number of aliphatic hydroxyl groups excluding tert-OH is 1. The summed E-state index contributed by atoms with van der Waals surface area (Å²) in [6.45, 7) is 5.02. The van der Waals surface area contributed by atoms with Gasteiger partial charge in [0.05, 0.1) is 13.2 Å². The number of hydrogen-bond acceptors (Lipinski definition) is 5. The lowest BCUT2D eigenvalue weighted by Crippen LogP contribution is -2.24. The Hall–Kier alpha value is -1.33. The van der Waals surface area contributed by atoms with Crippen molar-refractivity contribution in [1.29, 1.82) is 0 Å². The summed E-state index contributed by atoms with van der Waals surface area (Å²) in [5.41, 5.74) is 0. The van der Waals surface area contributed by atoms with E-state index in [1.54, 1.807) is 12.1 Å². The van der Waals surface area contributed by atoms with E-state index < -0.39 is 5.97 Å². The van der Waals surface area contributed by atoms with E-state index in [4.69, 9.17) is 9.52 Å². The minimum atomic E-state index is -0.470. The van der Waals surface area contributed by atoms with Crippen LogP contribution >= 0.6 is 0 Å². The normalized spacial score (nSPS) is 14.2. The predicted octanol–water partition coefficient (Wildman–Crippen LogP) is 1.74. The van der Waals surface area contributed by atoms with Crippen LogP contribution in [0.25, 0.3) is 0 Å². The fraction of sp³-hybridized carbons (Fsp3) is 0.615. The van der Waals surface area contributed by atoms with Gasteiger partial charge in [-0.05, 0) is 37.9 Å². The van der Waals surface area contributed by atoms with Crippen molar-refractivity contribution in [3.63, 3.8) is 0 Å². The summed E-state index contributed by atoms with van der Waals surface area (Å²) >= 11 is 0. The molecular weight excluding hydrogens is 234 g/mol. The maximum atomic E-state index is 11.2. The molecule has 0 aromatic carbocycles. The molecule has 0 saturated heterocycles. The number of hydrogen-bond donors (Lipinski definition) is 2. The number of methoxy groups -OCH3 is 1. The van der Waals surface area contributed by atoms with Gasteiger partial charge in [0.15, 0.2) is 0 Å². The van der Waals surface area contributed by atoms with Gasteiger partial charge in [-0.3, -0.25) is 0 Å². The zero-order valence-corrected chi connectivity index (χ0v) is 11.1. The molecule has 0 aliphatic rings. The molecule has 5 heteroatoms. The highest BCUT2D eigenvalue weighted by molar-refractivity contribution is 5.86. The van der Waals surface area contributed by atoms with Gasteiger partial charge in [-0.25, -0.2) is 4.79 Å². The zero-order valence-electron chi connectivity index (χ0n) is 11.1. The van der Waals surface area contributed by atoms with Crippen LogP contribution in [0.1, 0.15) is 42.6 Å². The van der Waals surface area contributed by atoms with Gasteiger partial charge in [0.2, 0.25) is 5.76 Å². The van der Waals surface area contributed by atoms with Crippen LogP contribution in [0.5, 0.6) is 0 Å². The monoisotopic (exact) mass is 255 g/mol. The quantitative estimate of drug-likeness (QED) is 0.726. The number of ether oxygens (including phenoxy) is 1. The number of nitrogens with one attached hydrogen (secondary N) is 1. The lowest BCUT2D eigenvalue weighted by atomic mass is 10.1. The second-order valence-electron chi connectivity index (χ2n) is 4.44. The van der Waals surface area contributed by atoms with Crippen LogP contribution in [-0.4, -0.2) is 31.3 Å². The average Bonchev–Trinajstić information content (AvgIpc) is 2.85. The molecule has 0 bridgehead atoms. The second kappa shape index (κ2) is 7.18. The van der Waals surface area contributed by atoms with E-state index >= 15 is 0 Å². The van der Waals surface area contributed by atoms with E-state index in [0.29, 0.717) is 11.7 Å². The molecule has 0 fully saturated rings. The Labute approximate surface area is 107 Å². The van der Waals surface area contributed by atoms with E-state index in [0.717, 1.165) is 13.0 Å². The van der Waals surface area contributed by atoms with Crippen molar-refractivity contribution in [2.75, 3.05) is 20.3 Å². The van der Waals surface area contributed by atoms with Gasteiger partial charge in [0, 0.05) is 6.61 Å². The van der Waals surface area contributed by atoms with Crippen molar-refractivity contribution in [3.05, 3.63) is 23.7 Å². The summed E-state index contributed by atoms with van der Waals surface area (Å²) < 4.78 is 9.98. The summed E-state index contributed by atoms with van der Waals surface area (Å²) in [6.07, 6.45) is 0.769. The highest BCUT2D eigenvalue weighted by atomic mass is 16.5. The van der Waals surface area contributed by atoms with E-state index in [9.17, 15) is 4.79 Å². The Morgan fingerprint density at radius 3 is 2.83 bits per heavy atom. The SMILES string of the molecule is COC(=O)c1ccc(C(C)NCC(C)CCO)o1. The van der Waals surface area contributed by atoms with Crippen LogP contribution in [0.2, 0.25) is 0 Å². The second-order valence-corrected chi connectivity index (χ2v) is 4.44. The van der Waals surface area contributed by atoms with E-state index in [1.807, 2.05) is 6.92 Å². The first kappa shape index (κ1) is 14.7. The van der Waals surface area contributed by atoms with Crippen LogP contribution in [0.4, 0.5) is 0 Å². The van der Waals surface area contributed by atoms with Crippen LogP contribution in [0.3, 0.4) is 0 Å².